The topological polar surface area (TPSA) is 187 Å². The van der Waals surface area contributed by atoms with Gasteiger partial charge in [0.25, 0.3) is 0 Å². The minimum absolute atomic E-state index is 0.00931. The number of aliphatic hydroxyl groups excluding tert-OH is 4. The van der Waals surface area contributed by atoms with Gasteiger partial charge in [-0.25, -0.2) is 9.59 Å². The molecule has 1 fully saturated rings. The highest BCUT2D eigenvalue weighted by Gasteiger charge is 2.45. The molecule has 0 amide bonds. The standard InChI is InChI=1S/C22H18O13/c1-29-16-9(32-22-15(26)14(25)13(24)10(4-23)33-22)3-7-11-12-6(20(27)34-18(11)16)2-8-17(31-5-30-8)19(12)35-21(7)28/h2-3,10,13-15,22-26H,4-5H2,1H3. The zero-order valence-electron chi connectivity index (χ0n) is 17.9. The molecule has 0 spiro atoms. The molecule has 0 bridgehead atoms. The lowest BCUT2D eigenvalue weighted by molar-refractivity contribution is -0.277. The summed E-state index contributed by atoms with van der Waals surface area (Å²) in [5, 5.41) is 40.4. The predicted octanol–water partition coefficient (Wildman–Crippen LogP) is -0.594. The molecule has 6 rings (SSSR count). The Morgan fingerprint density at radius 2 is 1.63 bits per heavy atom. The average molecular weight is 490 g/mol. The minimum atomic E-state index is -1.73. The van der Waals surface area contributed by atoms with Gasteiger partial charge in [-0.15, -0.1) is 0 Å². The summed E-state index contributed by atoms with van der Waals surface area (Å²) in [7, 11) is 1.27. The Hall–Kier alpha value is -3.62. The van der Waals surface area contributed by atoms with E-state index in [0.29, 0.717) is 0 Å². The van der Waals surface area contributed by atoms with Crippen molar-refractivity contribution in [3.05, 3.63) is 33.0 Å². The number of rotatable bonds is 4. The van der Waals surface area contributed by atoms with E-state index in [9.17, 15) is 30.0 Å². The van der Waals surface area contributed by atoms with Crippen LogP contribution in [0.5, 0.6) is 23.0 Å². The molecule has 184 valence electrons. The van der Waals surface area contributed by atoms with Crippen LogP contribution in [0, 0.1) is 0 Å². The highest BCUT2D eigenvalue weighted by molar-refractivity contribution is 6.22. The van der Waals surface area contributed by atoms with Crippen molar-refractivity contribution < 1.29 is 52.9 Å². The minimum Gasteiger partial charge on any atom is -0.490 e. The van der Waals surface area contributed by atoms with Gasteiger partial charge >= 0.3 is 11.3 Å². The van der Waals surface area contributed by atoms with E-state index in [-0.39, 0.29) is 62.5 Å². The Morgan fingerprint density at radius 1 is 0.943 bits per heavy atom. The number of fused-ring (bicyclic) bond motifs is 2. The summed E-state index contributed by atoms with van der Waals surface area (Å²) in [5.41, 5.74) is -1.73. The molecule has 35 heavy (non-hydrogen) atoms. The fourth-order valence-corrected chi connectivity index (χ4v) is 4.51. The van der Waals surface area contributed by atoms with Gasteiger partial charge in [-0.2, -0.15) is 0 Å². The second-order valence-corrected chi connectivity index (χ2v) is 8.12. The smallest absolute Gasteiger partial charge is 0.344 e. The molecule has 5 unspecified atom stereocenters. The summed E-state index contributed by atoms with van der Waals surface area (Å²) >= 11 is 0. The third kappa shape index (κ3) is 3.00. The monoisotopic (exact) mass is 490 g/mol. The first-order valence-electron chi connectivity index (χ1n) is 10.5. The van der Waals surface area contributed by atoms with Crippen molar-refractivity contribution in [3.63, 3.8) is 0 Å². The highest BCUT2D eigenvalue weighted by Crippen LogP contribution is 2.47. The van der Waals surface area contributed by atoms with Crippen LogP contribution in [0.3, 0.4) is 0 Å². The van der Waals surface area contributed by atoms with Crippen LogP contribution >= 0.6 is 0 Å². The first kappa shape index (κ1) is 21.9. The summed E-state index contributed by atoms with van der Waals surface area (Å²) < 4.78 is 38.3. The van der Waals surface area contributed by atoms with Gasteiger partial charge in [-0.05, 0) is 12.1 Å². The lowest BCUT2D eigenvalue weighted by Crippen LogP contribution is -2.60. The van der Waals surface area contributed by atoms with Crippen LogP contribution < -0.4 is 30.2 Å². The first-order valence-corrected chi connectivity index (χ1v) is 10.5. The molecule has 0 saturated carbocycles. The van der Waals surface area contributed by atoms with Gasteiger partial charge in [0.2, 0.25) is 24.6 Å². The number of aliphatic hydroxyl groups is 4. The van der Waals surface area contributed by atoms with Gasteiger partial charge in [0, 0.05) is 10.8 Å². The third-order valence-electron chi connectivity index (χ3n) is 6.20. The van der Waals surface area contributed by atoms with E-state index in [2.05, 4.69) is 0 Å². The van der Waals surface area contributed by atoms with Crippen molar-refractivity contribution in [2.45, 2.75) is 30.7 Å². The summed E-state index contributed by atoms with van der Waals surface area (Å²) in [4.78, 5) is 25.9. The maximum absolute atomic E-state index is 13.0. The zero-order valence-corrected chi connectivity index (χ0v) is 17.9. The second kappa shape index (κ2) is 7.69. The molecule has 0 radical (unpaired) electrons. The molecule has 4 N–H and O–H groups in total. The van der Waals surface area contributed by atoms with E-state index >= 15 is 0 Å². The quantitative estimate of drug-likeness (QED) is 0.210. The zero-order chi connectivity index (χ0) is 24.6. The van der Waals surface area contributed by atoms with Crippen LogP contribution in [0.1, 0.15) is 0 Å². The van der Waals surface area contributed by atoms with Crippen LogP contribution in [0.15, 0.2) is 30.6 Å². The molecular weight excluding hydrogens is 472 g/mol. The lowest BCUT2D eigenvalue weighted by atomic mass is 9.99. The van der Waals surface area contributed by atoms with Gasteiger partial charge < -0.3 is 52.9 Å². The maximum atomic E-state index is 13.0. The van der Waals surface area contributed by atoms with E-state index in [1.807, 2.05) is 0 Å². The Balaban J connectivity index is 1.59. The van der Waals surface area contributed by atoms with Gasteiger partial charge in [0.05, 0.1) is 24.5 Å². The molecule has 1 saturated heterocycles. The van der Waals surface area contributed by atoms with E-state index in [1.165, 1.54) is 19.2 Å². The lowest BCUT2D eigenvalue weighted by Gasteiger charge is -2.39. The average Bonchev–Trinajstić information content (AvgIpc) is 3.32. The summed E-state index contributed by atoms with van der Waals surface area (Å²) in [5.74, 6) is 0.0925. The van der Waals surface area contributed by atoms with E-state index in [1.54, 1.807) is 0 Å². The molecule has 2 aliphatic rings. The summed E-state index contributed by atoms with van der Waals surface area (Å²) in [6, 6.07) is 2.68. The van der Waals surface area contributed by atoms with E-state index in [0.717, 1.165) is 0 Å². The molecule has 2 aliphatic heterocycles. The SMILES string of the molecule is COc1c(OC2OC(CO)C(O)C(O)C2O)cc2c(=O)oc3c4c(cc5c(=O)oc1c2c35)OCO4. The van der Waals surface area contributed by atoms with Crippen LogP contribution in [0.2, 0.25) is 0 Å². The normalized spacial score (nSPS) is 26.1. The molecule has 13 heteroatoms. The fourth-order valence-electron chi connectivity index (χ4n) is 4.51. The van der Waals surface area contributed by atoms with Crippen LogP contribution in [-0.4, -0.2) is 71.6 Å². The maximum Gasteiger partial charge on any atom is 0.344 e. The third-order valence-corrected chi connectivity index (χ3v) is 6.20. The molecule has 2 aromatic heterocycles. The van der Waals surface area contributed by atoms with E-state index in [4.69, 9.17) is 32.5 Å². The number of hydrogen-bond acceptors (Lipinski definition) is 13. The molecule has 4 aromatic rings. The van der Waals surface area contributed by atoms with Gasteiger partial charge in [0.1, 0.15) is 24.4 Å². The van der Waals surface area contributed by atoms with Crippen LogP contribution in [0.4, 0.5) is 0 Å². The first-order chi connectivity index (χ1) is 16.8. The van der Waals surface area contributed by atoms with Crippen LogP contribution in [-0.2, 0) is 4.74 Å². The van der Waals surface area contributed by atoms with Crippen molar-refractivity contribution in [3.8, 4) is 23.0 Å². The number of benzene rings is 2. The Kier molecular flexibility index (Phi) is 4.81. The Morgan fingerprint density at radius 3 is 2.34 bits per heavy atom. The Labute approximate surface area is 193 Å². The molecule has 2 aromatic carbocycles. The molecule has 4 heterocycles. The Bertz CT molecular complexity index is 1570. The number of ether oxygens (including phenoxy) is 5. The summed E-state index contributed by atoms with van der Waals surface area (Å²) in [6.07, 6.45) is -7.84. The van der Waals surface area contributed by atoms with Crippen molar-refractivity contribution in [2.75, 3.05) is 20.5 Å². The number of hydrogen-bond donors (Lipinski definition) is 4. The fraction of sp³-hybridized carbons (Fsp3) is 0.364. The van der Waals surface area contributed by atoms with Gasteiger partial charge in [-0.3, -0.25) is 0 Å². The van der Waals surface area contributed by atoms with Crippen molar-refractivity contribution in [2.24, 2.45) is 0 Å². The van der Waals surface area contributed by atoms with Gasteiger partial charge in [-0.1, -0.05) is 0 Å². The highest BCUT2D eigenvalue weighted by atomic mass is 16.7. The molecule has 13 nitrogen and oxygen atoms in total. The molecular formula is C22H18O13. The van der Waals surface area contributed by atoms with Crippen LogP contribution in [0.25, 0.3) is 32.7 Å². The number of methoxy groups -OCH3 is 1. The molecule has 5 atom stereocenters. The van der Waals surface area contributed by atoms with E-state index < -0.39 is 48.6 Å². The van der Waals surface area contributed by atoms with Crippen molar-refractivity contribution >= 4 is 32.7 Å². The van der Waals surface area contributed by atoms with Crippen molar-refractivity contribution in [1.29, 1.82) is 0 Å². The van der Waals surface area contributed by atoms with Gasteiger partial charge in [0.15, 0.2) is 22.7 Å². The largest absolute Gasteiger partial charge is 0.490 e. The predicted molar refractivity (Wildman–Crippen MR) is 114 cm³/mol. The van der Waals surface area contributed by atoms with Crippen molar-refractivity contribution in [1.82, 2.24) is 0 Å². The summed E-state index contributed by atoms with van der Waals surface area (Å²) in [6.45, 7) is -0.788. The molecule has 0 aliphatic carbocycles. The second-order valence-electron chi connectivity index (χ2n) is 8.12.